The number of carbonyl (C=O) groups excluding carboxylic acids is 1. The van der Waals surface area contributed by atoms with Crippen molar-refractivity contribution >= 4 is 5.91 Å². The predicted octanol–water partition coefficient (Wildman–Crippen LogP) is 4.00. The first-order valence-corrected chi connectivity index (χ1v) is 12.2. The van der Waals surface area contributed by atoms with Crippen molar-refractivity contribution in [2.24, 2.45) is 11.8 Å². The Morgan fingerprint density at radius 2 is 1.84 bits per heavy atom. The Bertz CT molecular complexity index is 902. The number of piperidine rings is 1. The number of benzene rings is 1. The lowest BCUT2D eigenvalue weighted by molar-refractivity contribution is -0.129. The molecule has 5 heteroatoms. The van der Waals surface area contributed by atoms with Gasteiger partial charge < -0.3 is 5.32 Å². The van der Waals surface area contributed by atoms with E-state index in [0.717, 1.165) is 44.2 Å². The van der Waals surface area contributed by atoms with E-state index in [1.54, 1.807) is 0 Å². The van der Waals surface area contributed by atoms with Crippen molar-refractivity contribution in [3.8, 4) is 0 Å². The summed E-state index contributed by atoms with van der Waals surface area (Å²) in [6, 6.07) is 11.1. The average molecular weight is 419 g/mol. The van der Waals surface area contributed by atoms with Gasteiger partial charge in [0.2, 0.25) is 5.91 Å². The van der Waals surface area contributed by atoms with E-state index in [9.17, 15) is 4.79 Å². The van der Waals surface area contributed by atoms with E-state index >= 15 is 0 Å². The normalized spacial score (nSPS) is 35.4. The van der Waals surface area contributed by atoms with Crippen molar-refractivity contribution in [1.29, 1.82) is 0 Å². The second-order valence-electron chi connectivity index (χ2n) is 11.0. The fourth-order valence-electron chi connectivity index (χ4n) is 7.99. The Kier molecular flexibility index (Phi) is 4.71. The van der Waals surface area contributed by atoms with Gasteiger partial charge in [0.1, 0.15) is 0 Å². The highest BCUT2D eigenvalue weighted by Crippen LogP contribution is 2.62. The van der Waals surface area contributed by atoms with Crippen LogP contribution in [0.3, 0.4) is 0 Å². The second kappa shape index (κ2) is 7.47. The van der Waals surface area contributed by atoms with E-state index in [1.165, 1.54) is 43.2 Å². The minimum absolute atomic E-state index is 0.0200. The highest BCUT2D eigenvalue weighted by atomic mass is 16.2. The van der Waals surface area contributed by atoms with Crippen LogP contribution in [-0.4, -0.2) is 46.2 Å². The molecule has 2 aromatic rings. The summed E-state index contributed by atoms with van der Waals surface area (Å²) in [4.78, 5) is 15.5. The molecule has 0 radical (unpaired) electrons. The van der Waals surface area contributed by atoms with Crippen LogP contribution >= 0.6 is 0 Å². The number of likely N-dealkylation sites (tertiary alicyclic amines) is 1. The highest BCUT2D eigenvalue weighted by Gasteiger charge is 2.58. The summed E-state index contributed by atoms with van der Waals surface area (Å²) in [6.07, 6.45) is 13.7. The molecule has 2 N–H and O–H groups in total. The lowest BCUT2D eigenvalue weighted by Gasteiger charge is -2.62. The average Bonchev–Trinajstić information content (AvgIpc) is 3.28. The summed E-state index contributed by atoms with van der Waals surface area (Å²) in [5, 5.41) is 10.6. The van der Waals surface area contributed by atoms with E-state index in [-0.39, 0.29) is 16.9 Å². The second-order valence-corrected chi connectivity index (χ2v) is 11.0. The molecule has 4 bridgehead atoms. The standard InChI is InChI=1S/C26H34N4O/c31-24(17-30-8-6-21(7-9-30)22-15-27-28-16-22)29-26-13-19-10-20(14-26)12-25(11-19,18-26)23-4-2-1-3-5-23/h1-5,15-16,19-21H,6-14,17-18H2,(H,27,28)(H,29,31). The van der Waals surface area contributed by atoms with Crippen LogP contribution in [0.25, 0.3) is 0 Å². The van der Waals surface area contributed by atoms with E-state index in [2.05, 4.69) is 50.7 Å². The van der Waals surface area contributed by atoms with Gasteiger partial charge in [0.25, 0.3) is 0 Å². The molecular weight excluding hydrogens is 384 g/mol. The molecule has 31 heavy (non-hydrogen) atoms. The third-order valence-electron chi connectivity index (χ3n) is 8.80. The van der Waals surface area contributed by atoms with Crippen molar-refractivity contribution in [1.82, 2.24) is 20.4 Å². The summed E-state index contributed by atoms with van der Waals surface area (Å²) in [7, 11) is 0. The molecule has 1 amide bonds. The van der Waals surface area contributed by atoms with Gasteiger partial charge in [0.05, 0.1) is 12.7 Å². The quantitative estimate of drug-likeness (QED) is 0.772. The number of rotatable bonds is 5. The van der Waals surface area contributed by atoms with Crippen LogP contribution in [0.15, 0.2) is 42.7 Å². The maximum Gasteiger partial charge on any atom is 0.234 e. The van der Waals surface area contributed by atoms with Crippen LogP contribution in [0.1, 0.15) is 68.4 Å². The van der Waals surface area contributed by atoms with Gasteiger partial charge in [0.15, 0.2) is 0 Å². The lowest BCUT2D eigenvalue weighted by atomic mass is 9.45. The molecule has 2 heterocycles. The molecule has 5 nitrogen and oxygen atoms in total. The van der Waals surface area contributed by atoms with Gasteiger partial charge in [-0.3, -0.25) is 14.8 Å². The lowest BCUT2D eigenvalue weighted by Crippen LogP contribution is -2.65. The zero-order valence-electron chi connectivity index (χ0n) is 18.4. The Hall–Kier alpha value is -2.14. The molecule has 2 atom stereocenters. The van der Waals surface area contributed by atoms with Crippen molar-refractivity contribution in [2.75, 3.05) is 19.6 Å². The maximum atomic E-state index is 13.2. The first-order chi connectivity index (χ1) is 15.1. The number of aromatic amines is 1. The smallest absolute Gasteiger partial charge is 0.234 e. The van der Waals surface area contributed by atoms with Crippen LogP contribution in [0.2, 0.25) is 0 Å². The number of hydrogen-bond donors (Lipinski definition) is 2. The molecule has 5 fully saturated rings. The van der Waals surface area contributed by atoms with Crippen molar-refractivity contribution in [3.63, 3.8) is 0 Å². The van der Waals surface area contributed by atoms with E-state index in [0.29, 0.717) is 12.5 Å². The number of nitrogens with one attached hydrogen (secondary N) is 2. The summed E-state index contributed by atoms with van der Waals surface area (Å²) in [5.41, 5.74) is 3.11. The first-order valence-electron chi connectivity index (χ1n) is 12.2. The molecule has 1 aromatic carbocycles. The third kappa shape index (κ3) is 3.61. The van der Waals surface area contributed by atoms with Crippen molar-refractivity contribution in [2.45, 2.75) is 68.2 Å². The van der Waals surface area contributed by atoms with Crippen LogP contribution in [0, 0.1) is 11.8 Å². The Morgan fingerprint density at radius 3 is 2.52 bits per heavy atom. The van der Waals surface area contributed by atoms with Gasteiger partial charge in [-0.25, -0.2) is 0 Å². The van der Waals surface area contributed by atoms with E-state index < -0.39 is 0 Å². The van der Waals surface area contributed by atoms with Gasteiger partial charge in [-0.15, -0.1) is 0 Å². The predicted molar refractivity (Wildman–Crippen MR) is 121 cm³/mol. The van der Waals surface area contributed by atoms with Crippen molar-refractivity contribution in [3.05, 3.63) is 53.9 Å². The van der Waals surface area contributed by atoms with Gasteiger partial charge in [-0.05, 0) is 98.8 Å². The Balaban J connectivity index is 1.11. The molecule has 0 spiro atoms. The summed E-state index contributed by atoms with van der Waals surface area (Å²) >= 11 is 0. The molecule has 1 aliphatic heterocycles. The molecule has 1 saturated heterocycles. The SMILES string of the molecule is O=C(CN1CCC(c2cn[nH]c2)CC1)NC12CC3CC(C1)CC(c1ccccc1)(C3)C2. The van der Waals surface area contributed by atoms with Crippen molar-refractivity contribution < 1.29 is 4.79 Å². The molecule has 4 aliphatic carbocycles. The fourth-order valence-corrected chi connectivity index (χ4v) is 7.99. The molecule has 2 unspecified atom stereocenters. The molecule has 7 rings (SSSR count). The van der Waals surface area contributed by atoms with E-state index in [4.69, 9.17) is 0 Å². The summed E-state index contributed by atoms with van der Waals surface area (Å²) < 4.78 is 0. The van der Waals surface area contributed by atoms with Crippen LogP contribution in [0.5, 0.6) is 0 Å². The number of amides is 1. The maximum absolute atomic E-state index is 13.2. The Morgan fingerprint density at radius 1 is 1.10 bits per heavy atom. The van der Waals surface area contributed by atoms with Gasteiger partial charge in [-0.2, -0.15) is 5.10 Å². The van der Waals surface area contributed by atoms with E-state index in [1.807, 2.05) is 12.4 Å². The van der Waals surface area contributed by atoms with Gasteiger partial charge in [0, 0.05) is 11.7 Å². The summed E-state index contributed by atoms with van der Waals surface area (Å²) in [5.74, 6) is 2.36. The topological polar surface area (TPSA) is 61.0 Å². The number of H-pyrrole nitrogens is 1. The molecule has 4 saturated carbocycles. The number of nitrogens with zero attached hydrogens (tertiary/aromatic N) is 2. The fraction of sp³-hybridized carbons (Fsp3) is 0.615. The van der Waals surface area contributed by atoms with Gasteiger partial charge in [-0.1, -0.05) is 30.3 Å². The largest absolute Gasteiger partial charge is 0.350 e. The van der Waals surface area contributed by atoms with Crippen LogP contribution in [0.4, 0.5) is 0 Å². The monoisotopic (exact) mass is 418 g/mol. The van der Waals surface area contributed by atoms with Crippen LogP contribution in [-0.2, 0) is 10.2 Å². The zero-order valence-corrected chi connectivity index (χ0v) is 18.4. The number of hydrogen-bond acceptors (Lipinski definition) is 3. The van der Waals surface area contributed by atoms with Gasteiger partial charge >= 0.3 is 0 Å². The first kappa shape index (κ1) is 19.5. The molecule has 164 valence electrons. The molecular formula is C26H34N4O. The number of carbonyl (C=O) groups is 1. The minimum atomic E-state index is 0.0200. The highest BCUT2D eigenvalue weighted by molar-refractivity contribution is 5.79. The summed E-state index contributed by atoms with van der Waals surface area (Å²) in [6.45, 7) is 2.54. The zero-order chi connectivity index (χ0) is 20.9. The Labute approximate surface area is 185 Å². The number of aromatic nitrogens is 2. The molecule has 1 aromatic heterocycles. The molecule has 5 aliphatic rings. The van der Waals surface area contributed by atoms with Crippen LogP contribution < -0.4 is 5.32 Å². The third-order valence-corrected chi connectivity index (χ3v) is 8.80. The minimum Gasteiger partial charge on any atom is -0.350 e.